The summed E-state index contributed by atoms with van der Waals surface area (Å²) in [6.45, 7) is 1.84. The van der Waals surface area contributed by atoms with Crippen molar-refractivity contribution in [1.82, 2.24) is 0 Å². The van der Waals surface area contributed by atoms with Crippen LogP contribution in [0.25, 0.3) is 0 Å². The van der Waals surface area contributed by atoms with Gasteiger partial charge in [-0.2, -0.15) is 0 Å². The van der Waals surface area contributed by atoms with Gasteiger partial charge in [-0.25, -0.2) is 0 Å². The molecule has 1 aromatic carbocycles. The van der Waals surface area contributed by atoms with Crippen LogP contribution in [0.1, 0.15) is 6.92 Å². The SMILES string of the molecule is CC#CCOc1cc([N+](=O)[O-])ccc1Cl. The molecule has 0 fully saturated rings. The van der Waals surface area contributed by atoms with Crippen LogP contribution in [-0.4, -0.2) is 11.5 Å². The summed E-state index contributed by atoms with van der Waals surface area (Å²) < 4.78 is 5.16. The predicted octanol–water partition coefficient (Wildman–Crippen LogP) is 2.65. The molecule has 15 heavy (non-hydrogen) atoms. The smallest absolute Gasteiger partial charge is 0.273 e. The number of nitro groups is 1. The maximum atomic E-state index is 10.5. The summed E-state index contributed by atoms with van der Waals surface area (Å²) in [5, 5.41) is 10.8. The minimum Gasteiger partial charge on any atom is -0.479 e. The Morgan fingerprint density at radius 1 is 1.60 bits per heavy atom. The first-order chi connectivity index (χ1) is 7.15. The van der Waals surface area contributed by atoms with Crippen molar-refractivity contribution < 1.29 is 9.66 Å². The Kier molecular flexibility index (Phi) is 3.95. The lowest BCUT2D eigenvalue weighted by Gasteiger charge is -2.03. The van der Waals surface area contributed by atoms with Gasteiger partial charge in [0.05, 0.1) is 16.0 Å². The lowest BCUT2D eigenvalue weighted by atomic mass is 10.3. The monoisotopic (exact) mass is 225 g/mol. The van der Waals surface area contributed by atoms with Crippen molar-refractivity contribution in [3.05, 3.63) is 33.3 Å². The zero-order chi connectivity index (χ0) is 11.3. The second kappa shape index (κ2) is 5.23. The zero-order valence-corrected chi connectivity index (χ0v) is 8.75. The average Bonchev–Trinajstić information content (AvgIpc) is 2.20. The van der Waals surface area contributed by atoms with Crippen molar-refractivity contribution in [2.24, 2.45) is 0 Å². The Bertz CT molecular complexity index is 434. The van der Waals surface area contributed by atoms with Crippen LogP contribution in [0, 0.1) is 22.0 Å². The Labute approximate surface area is 92.0 Å². The molecule has 0 heterocycles. The third kappa shape index (κ3) is 3.15. The first-order valence-corrected chi connectivity index (χ1v) is 4.49. The molecule has 0 aliphatic rings. The molecule has 4 nitrogen and oxygen atoms in total. The highest BCUT2D eigenvalue weighted by Gasteiger charge is 2.09. The van der Waals surface area contributed by atoms with Gasteiger partial charge in [0.25, 0.3) is 5.69 Å². The van der Waals surface area contributed by atoms with Crippen molar-refractivity contribution in [3.63, 3.8) is 0 Å². The standard InChI is InChI=1S/C10H8ClNO3/c1-2-3-6-15-10-7-8(12(13)14)4-5-9(10)11/h4-5,7H,6H2,1H3. The second-order valence-electron chi connectivity index (χ2n) is 2.59. The highest BCUT2D eigenvalue weighted by molar-refractivity contribution is 6.32. The van der Waals surface area contributed by atoms with E-state index in [4.69, 9.17) is 16.3 Å². The predicted molar refractivity (Wildman–Crippen MR) is 57.1 cm³/mol. The van der Waals surface area contributed by atoms with Crippen molar-refractivity contribution in [3.8, 4) is 17.6 Å². The summed E-state index contributed by atoms with van der Waals surface area (Å²) in [5.41, 5.74) is -0.0566. The lowest BCUT2D eigenvalue weighted by molar-refractivity contribution is -0.384. The van der Waals surface area contributed by atoms with E-state index in [1.807, 2.05) is 0 Å². The van der Waals surface area contributed by atoms with Crippen molar-refractivity contribution in [2.75, 3.05) is 6.61 Å². The van der Waals surface area contributed by atoms with Gasteiger partial charge in [-0.1, -0.05) is 17.5 Å². The van der Waals surface area contributed by atoms with Gasteiger partial charge in [-0.05, 0) is 13.0 Å². The molecule has 5 heteroatoms. The summed E-state index contributed by atoms with van der Waals surface area (Å²) in [4.78, 5) is 9.97. The van der Waals surface area contributed by atoms with Crippen LogP contribution < -0.4 is 4.74 Å². The Morgan fingerprint density at radius 3 is 2.93 bits per heavy atom. The van der Waals surface area contributed by atoms with E-state index in [1.54, 1.807) is 6.92 Å². The van der Waals surface area contributed by atoms with E-state index in [2.05, 4.69) is 11.8 Å². The maximum absolute atomic E-state index is 10.5. The number of rotatable bonds is 3. The topological polar surface area (TPSA) is 52.4 Å². The molecule has 1 aromatic rings. The first kappa shape index (κ1) is 11.3. The second-order valence-corrected chi connectivity index (χ2v) is 2.99. The first-order valence-electron chi connectivity index (χ1n) is 4.11. The number of ether oxygens (including phenoxy) is 1. The minimum atomic E-state index is -0.505. The molecule has 0 aromatic heterocycles. The molecule has 0 radical (unpaired) electrons. The normalized spacial score (nSPS) is 8.93. The third-order valence-corrected chi connectivity index (χ3v) is 1.91. The molecule has 0 bridgehead atoms. The quantitative estimate of drug-likeness (QED) is 0.451. The molecule has 0 aliphatic heterocycles. The van der Waals surface area contributed by atoms with E-state index < -0.39 is 4.92 Å². The van der Waals surface area contributed by atoms with Gasteiger partial charge in [-0.3, -0.25) is 10.1 Å². The molecule has 0 N–H and O–H groups in total. The van der Waals surface area contributed by atoms with E-state index in [9.17, 15) is 10.1 Å². The molecule has 0 atom stereocenters. The molecule has 0 saturated carbocycles. The number of non-ortho nitro benzene ring substituents is 1. The summed E-state index contributed by atoms with van der Waals surface area (Å²) in [7, 11) is 0. The Morgan fingerprint density at radius 2 is 2.33 bits per heavy atom. The summed E-state index contributed by atoms with van der Waals surface area (Å²) in [6, 6.07) is 4.02. The van der Waals surface area contributed by atoms with Gasteiger partial charge < -0.3 is 4.74 Å². The number of nitrogens with zero attached hydrogens (tertiary/aromatic N) is 1. The molecule has 78 valence electrons. The molecule has 0 spiro atoms. The number of halogens is 1. The van der Waals surface area contributed by atoms with Gasteiger partial charge in [0.2, 0.25) is 0 Å². The third-order valence-electron chi connectivity index (χ3n) is 1.60. The number of nitro benzene ring substituents is 1. The fourth-order valence-electron chi connectivity index (χ4n) is 0.902. The van der Waals surface area contributed by atoms with Crippen LogP contribution in [0.5, 0.6) is 5.75 Å². The molecule has 0 saturated heterocycles. The van der Waals surface area contributed by atoms with E-state index >= 15 is 0 Å². The van der Waals surface area contributed by atoms with Gasteiger partial charge in [0.15, 0.2) is 0 Å². The molecule has 1 rings (SSSR count). The fourth-order valence-corrected chi connectivity index (χ4v) is 1.07. The van der Waals surface area contributed by atoms with Crippen LogP contribution >= 0.6 is 11.6 Å². The molecule has 0 unspecified atom stereocenters. The summed E-state index contributed by atoms with van der Waals surface area (Å²) in [6.07, 6.45) is 0. The van der Waals surface area contributed by atoms with Crippen LogP contribution in [0.2, 0.25) is 5.02 Å². The van der Waals surface area contributed by atoms with Gasteiger partial charge in [0, 0.05) is 6.07 Å². The van der Waals surface area contributed by atoms with Crippen molar-refractivity contribution in [2.45, 2.75) is 6.92 Å². The highest BCUT2D eigenvalue weighted by atomic mass is 35.5. The Hall–Kier alpha value is -1.73. The maximum Gasteiger partial charge on any atom is 0.273 e. The molecular weight excluding hydrogens is 218 g/mol. The molecule has 0 aliphatic carbocycles. The van der Waals surface area contributed by atoms with Crippen LogP contribution in [0.15, 0.2) is 18.2 Å². The van der Waals surface area contributed by atoms with Gasteiger partial charge >= 0.3 is 0 Å². The summed E-state index contributed by atoms with van der Waals surface area (Å²) in [5.74, 6) is 5.59. The largest absolute Gasteiger partial charge is 0.479 e. The van der Waals surface area contributed by atoms with E-state index in [0.29, 0.717) is 5.02 Å². The van der Waals surface area contributed by atoms with Crippen molar-refractivity contribution >= 4 is 17.3 Å². The molecular formula is C10H8ClNO3. The van der Waals surface area contributed by atoms with Crippen LogP contribution in [0.4, 0.5) is 5.69 Å². The lowest BCUT2D eigenvalue weighted by Crippen LogP contribution is -1.96. The summed E-state index contributed by atoms with van der Waals surface area (Å²) >= 11 is 5.78. The zero-order valence-electron chi connectivity index (χ0n) is 7.99. The van der Waals surface area contributed by atoms with E-state index in [-0.39, 0.29) is 18.0 Å². The van der Waals surface area contributed by atoms with E-state index in [1.165, 1.54) is 18.2 Å². The van der Waals surface area contributed by atoms with Crippen molar-refractivity contribution in [1.29, 1.82) is 0 Å². The molecule has 0 amide bonds. The van der Waals surface area contributed by atoms with Crippen LogP contribution in [-0.2, 0) is 0 Å². The fraction of sp³-hybridized carbons (Fsp3) is 0.200. The highest BCUT2D eigenvalue weighted by Crippen LogP contribution is 2.28. The number of benzene rings is 1. The van der Waals surface area contributed by atoms with E-state index in [0.717, 1.165) is 0 Å². The average molecular weight is 226 g/mol. The van der Waals surface area contributed by atoms with Gasteiger partial charge in [-0.15, -0.1) is 5.92 Å². The number of hydrogen-bond acceptors (Lipinski definition) is 3. The minimum absolute atomic E-state index is 0.0566. The van der Waals surface area contributed by atoms with Crippen LogP contribution in [0.3, 0.4) is 0 Å². The van der Waals surface area contributed by atoms with Gasteiger partial charge in [0.1, 0.15) is 12.4 Å². The number of hydrogen-bond donors (Lipinski definition) is 0. The Balaban J connectivity index is 2.88.